The first-order chi connectivity index (χ1) is 7.70. The maximum absolute atomic E-state index is 12.0. The number of ether oxygens (including phenoxy) is 1. The highest BCUT2D eigenvalue weighted by Crippen LogP contribution is 2.32. The summed E-state index contributed by atoms with van der Waals surface area (Å²) >= 11 is 0. The van der Waals surface area contributed by atoms with Crippen LogP contribution < -0.4 is 5.32 Å². The first kappa shape index (κ1) is 14.0. The Morgan fingerprint density at radius 3 is 2.12 bits per heavy atom. The van der Waals surface area contributed by atoms with Gasteiger partial charge in [-0.05, 0) is 39.5 Å². The molecular formula is C13H23NO3. The SMILES string of the molecule is CC(C)[C@@H](NC(=O)OC(C)(C)C)C(=O)C1CC1. The molecule has 17 heavy (non-hydrogen) atoms. The van der Waals surface area contributed by atoms with Crippen molar-refractivity contribution < 1.29 is 14.3 Å². The third kappa shape index (κ3) is 4.75. The van der Waals surface area contributed by atoms with Crippen LogP contribution >= 0.6 is 0 Å². The molecule has 0 spiro atoms. The molecule has 1 N–H and O–H groups in total. The minimum atomic E-state index is -0.533. The van der Waals surface area contributed by atoms with Gasteiger partial charge in [-0.3, -0.25) is 4.79 Å². The van der Waals surface area contributed by atoms with Crippen LogP contribution in [0.1, 0.15) is 47.5 Å². The number of hydrogen-bond donors (Lipinski definition) is 1. The summed E-state index contributed by atoms with van der Waals surface area (Å²) in [6.07, 6.45) is 1.40. The fourth-order valence-electron chi connectivity index (χ4n) is 1.62. The Bertz CT molecular complexity index is 300. The molecule has 0 saturated heterocycles. The lowest BCUT2D eigenvalue weighted by Crippen LogP contribution is -2.47. The van der Waals surface area contributed by atoms with Gasteiger partial charge >= 0.3 is 6.09 Å². The number of alkyl carbamates (subject to hydrolysis) is 1. The van der Waals surface area contributed by atoms with Gasteiger partial charge in [-0.1, -0.05) is 13.8 Å². The Morgan fingerprint density at radius 2 is 1.76 bits per heavy atom. The van der Waals surface area contributed by atoms with Crippen molar-refractivity contribution in [3.63, 3.8) is 0 Å². The molecule has 0 unspecified atom stereocenters. The van der Waals surface area contributed by atoms with Gasteiger partial charge in [0.2, 0.25) is 0 Å². The summed E-state index contributed by atoms with van der Waals surface area (Å²) < 4.78 is 5.17. The zero-order valence-corrected chi connectivity index (χ0v) is 11.4. The highest BCUT2D eigenvalue weighted by molar-refractivity contribution is 5.91. The second kappa shape index (κ2) is 5.07. The molecule has 0 aromatic carbocycles. The number of carbonyl (C=O) groups is 2. The zero-order valence-electron chi connectivity index (χ0n) is 11.4. The Kier molecular flexibility index (Phi) is 4.17. The van der Waals surface area contributed by atoms with Crippen molar-refractivity contribution in [2.24, 2.45) is 11.8 Å². The normalized spacial score (nSPS) is 17.8. The van der Waals surface area contributed by atoms with Crippen LogP contribution in [0.15, 0.2) is 0 Å². The first-order valence-electron chi connectivity index (χ1n) is 6.24. The van der Waals surface area contributed by atoms with E-state index in [9.17, 15) is 9.59 Å². The van der Waals surface area contributed by atoms with Gasteiger partial charge in [-0.25, -0.2) is 4.79 Å². The molecule has 0 bridgehead atoms. The van der Waals surface area contributed by atoms with E-state index in [0.29, 0.717) is 0 Å². The molecule has 1 aliphatic rings. The molecule has 1 saturated carbocycles. The summed E-state index contributed by atoms with van der Waals surface area (Å²) in [5.41, 5.74) is -0.533. The van der Waals surface area contributed by atoms with Gasteiger partial charge in [-0.15, -0.1) is 0 Å². The largest absolute Gasteiger partial charge is 0.444 e. The molecule has 0 aliphatic heterocycles. The van der Waals surface area contributed by atoms with Crippen LogP contribution in [-0.4, -0.2) is 23.5 Å². The van der Waals surface area contributed by atoms with Crippen molar-refractivity contribution in [3.05, 3.63) is 0 Å². The van der Waals surface area contributed by atoms with Gasteiger partial charge in [-0.2, -0.15) is 0 Å². The highest BCUT2D eigenvalue weighted by atomic mass is 16.6. The van der Waals surface area contributed by atoms with E-state index < -0.39 is 17.7 Å². The fraction of sp³-hybridized carbons (Fsp3) is 0.846. The Hall–Kier alpha value is -1.06. The van der Waals surface area contributed by atoms with Crippen LogP contribution in [0.4, 0.5) is 4.79 Å². The standard InChI is InChI=1S/C13H23NO3/c1-8(2)10(11(15)9-6-7-9)14-12(16)17-13(3,4)5/h8-10H,6-7H2,1-5H3,(H,14,16)/t10-/m1/s1. The van der Waals surface area contributed by atoms with Crippen LogP contribution in [0, 0.1) is 11.8 Å². The third-order valence-corrected chi connectivity index (χ3v) is 2.63. The monoisotopic (exact) mass is 241 g/mol. The number of carbonyl (C=O) groups excluding carboxylic acids is 2. The van der Waals surface area contributed by atoms with Crippen molar-refractivity contribution >= 4 is 11.9 Å². The lowest BCUT2D eigenvalue weighted by atomic mass is 9.97. The second-order valence-corrected chi connectivity index (χ2v) is 6.04. The zero-order chi connectivity index (χ0) is 13.2. The molecule has 0 radical (unpaired) electrons. The molecule has 1 amide bonds. The predicted octanol–water partition coefficient (Wildman–Crippen LogP) is 2.51. The summed E-state index contributed by atoms with van der Waals surface area (Å²) in [7, 11) is 0. The molecule has 0 aromatic heterocycles. The topological polar surface area (TPSA) is 55.4 Å². The van der Waals surface area contributed by atoms with Crippen LogP contribution in [0.3, 0.4) is 0 Å². The Balaban J connectivity index is 2.54. The van der Waals surface area contributed by atoms with Crippen LogP contribution in [0.5, 0.6) is 0 Å². The van der Waals surface area contributed by atoms with E-state index in [-0.39, 0.29) is 17.6 Å². The lowest BCUT2D eigenvalue weighted by molar-refractivity contribution is -0.123. The summed E-state index contributed by atoms with van der Waals surface area (Å²) in [4.78, 5) is 23.6. The van der Waals surface area contributed by atoms with Crippen molar-refractivity contribution in [2.45, 2.75) is 59.1 Å². The van der Waals surface area contributed by atoms with Crippen LogP contribution in [0.2, 0.25) is 0 Å². The molecule has 98 valence electrons. The van der Waals surface area contributed by atoms with Crippen LogP contribution in [0.25, 0.3) is 0 Å². The summed E-state index contributed by atoms with van der Waals surface area (Å²) in [6, 6.07) is -0.419. The molecule has 0 heterocycles. The van der Waals surface area contributed by atoms with E-state index in [1.54, 1.807) is 20.8 Å². The Labute approximate surface area is 103 Å². The first-order valence-corrected chi connectivity index (χ1v) is 6.24. The van der Waals surface area contributed by atoms with Crippen LogP contribution in [-0.2, 0) is 9.53 Å². The lowest BCUT2D eigenvalue weighted by Gasteiger charge is -2.25. The number of ketones is 1. The number of amides is 1. The van der Waals surface area contributed by atoms with Gasteiger partial charge in [0.15, 0.2) is 5.78 Å². The summed E-state index contributed by atoms with van der Waals surface area (Å²) in [6.45, 7) is 9.28. The van der Waals surface area contributed by atoms with Gasteiger partial charge in [0.1, 0.15) is 5.60 Å². The molecule has 1 fully saturated rings. The molecule has 4 nitrogen and oxygen atoms in total. The van der Waals surface area contributed by atoms with E-state index in [4.69, 9.17) is 4.74 Å². The van der Waals surface area contributed by atoms with E-state index >= 15 is 0 Å². The quantitative estimate of drug-likeness (QED) is 0.822. The van der Waals surface area contributed by atoms with Crippen molar-refractivity contribution in [1.82, 2.24) is 5.32 Å². The van der Waals surface area contributed by atoms with Crippen molar-refractivity contribution in [1.29, 1.82) is 0 Å². The van der Waals surface area contributed by atoms with Crippen molar-refractivity contribution in [3.8, 4) is 0 Å². The maximum Gasteiger partial charge on any atom is 0.408 e. The highest BCUT2D eigenvalue weighted by Gasteiger charge is 2.37. The fourth-order valence-corrected chi connectivity index (χ4v) is 1.62. The molecule has 1 rings (SSSR count). The van der Waals surface area contributed by atoms with Crippen molar-refractivity contribution in [2.75, 3.05) is 0 Å². The minimum absolute atomic E-state index is 0.0932. The number of hydrogen-bond acceptors (Lipinski definition) is 3. The minimum Gasteiger partial charge on any atom is -0.444 e. The Morgan fingerprint density at radius 1 is 1.24 bits per heavy atom. The summed E-state index contributed by atoms with van der Waals surface area (Å²) in [5.74, 6) is 0.388. The molecule has 4 heteroatoms. The second-order valence-electron chi connectivity index (χ2n) is 6.04. The molecule has 1 aliphatic carbocycles. The maximum atomic E-state index is 12.0. The van der Waals surface area contributed by atoms with Gasteiger partial charge in [0.05, 0.1) is 6.04 Å². The summed E-state index contributed by atoms with van der Waals surface area (Å²) in [5, 5.41) is 2.68. The van der Waals surface area contributed by atoms with E-state index in [1.165, 1.54) is 0 Å². The van der Waals surface area contributed by atoms with E-state index in [0.717, 1.165) is 12.8 Å². The predicted molar refractivity (Wildman–Crippen MR) is 65.7 cm³/mol. The average molecular weight is 241 g/mol. The van der Waals surface area contributed by atoms with Gasteiger partial charge in [0.25, 0.3) is 0 Å². The number of rotatable bonds is 4. The molecular weight excluding hydrogens is 218 g/mol. The van der Waals surface area contributed by atoms with Gasteiger partial charge < -0.3 is 10.1 Å². The van der Waals surface area contributed by atoms with Gasteiger partial charge in [0, 0.05) is 5.92 Å². The number of nitrogens with one attached hydrogen (secondary N) is 1. The number of Topliss-reactive ketones (excluding diaryl/α,β-unsaturated/α-hetero) is 1. The average Bonchev–Trinajstić information content (AvgIpc) is 2.92. The molecule has 1 atom stereocenters. The molecule has 0 aromatic rings. The van der Waals surface area contributed by atoms with E-state index in [1.807, 2.05) is 13.8 Å². The third-order valence-electron chi connectivity index (χ3n) is 2.63. The smallest absolute Gasteiger partial charge is 0.408 e. The van der Waals surface area contributed by atoms with E-state index in [2.05, 4.69) is 5.32 Å².